The summed E-state index contributed by atoms with van der Waals surface area (Å²) in [6.07, 6.45) is 7.61. The lowest BCUT2D eigenvalue weighted by atomic mass is 9.71. The van der Waals surface area contributed by atoms with Gasteiger partial charge in [-0.05, 0) is 25.3 Å². The fourth-order valence-electron chi connectivity index (χ4n) is 3.03. The van der Waals surface area contributed by atoms with Crippen molar-refractivity contribution in [2.75, 3.05) is 0 Å². The SMILES string of the molecule is C=CCC(CC=C)(CC=C)C1OC(=O)c2ccccc21. The molecule has 0 aromatic heterocycles. The van der Waals surface area contributed by atoms with Crippen molar-refractivity contribution in [1.29, 1.82) is 0 Å². The van der Waals surface area contributed by atoms with E-state index in [4.69, 9.17) is 4.74 Å². The summed E-state index contributed by atoms with van der Waals surface area (Å²) in [5, 5.41) is 0. The Bertz CT molecular complexity index is 516. The fourth-order valence-corrected chi connectivity index (χ4v) is 3.03. The van der Waals surface area contributed by atoms with E-state index in [0.29, 0.717) is 5.56 Å². The minimum atomic E-state index is -0.264. The minimum Gasteiger partial charge on any atom is -0.453 e. The molecule has 20 heavy (non-hydrogen) atoms. The third-order valence-electron chi connectivity index (χ3n) is 3.90. The van der Waals surface area contributed by atoms with Crippen LogP contribution in [0.1, 0.15) is 41.3 Å². The zero-order chi connectivity index (χ0) is 14.6. The Morgan fingerprint density at radius 2 is 1.60 bits per heavy atom. The van der Waals surface area contributed by atoms with Crippen LogP contribution in [0.25, 0.3) is 0 Å². The molecule has 0 saturated carbocycles. The van der Waals surface area contributed by atoms with Gasteiger partial charge in [-0.3, -0.25) is 0 Å². The van der Waals surface area contributed by atoms with Gasteiger partial charge in [0.15, 0.2) is 0 Å². The second kappa shape index (κ2) is 5.91. The number of hydrogen-bond donors (Lipinski definition) is 0. The molecule has 1 heterocycles. The smallest absolute Gasteiger partial charge is 0.339 e. The molecule has 2 rings (SSSR count). The van der Waals surface area contributed by atoms with Crippen molar-refractivity contribution in [3.05, 3.63) is 73.4 Å². The van der Waals surface area contributed by atoms with Crippen LogP contribution in [-0.4, -0.2) is 5.97 Å². The number of esters is 1. The highest BCUT2D eigenvalue weighted by Gasteiger charge is 2.45. The largest absolute Gasteiger partial charge is 0.453 e. The average Bonchev–Trinajstić information content (AvgIpc) is 2.78. The van der Waals surface area contributed by atoms with E-state index in [2.05, 4.69) is 19.7 Å². The minimum absolute atomic E-state index is 0.243. The van der Waals surface area contributed by atoms with Crippen LogP contribution in [-0.2, 0) is 4.74 Å². The molecule has 1 unspecified atom stereocenters. The lowest BCUT2D eigenvalue weighted by Gasteiger charge is -2.36. The van der Waals surface area contributed by atoms with Gasteiger partial charge in [0, 0.05) is 11.0 Å². The molecule has 2 heteroatoms. The van der Waals surface area contributed by atoms with Gasteiger partial charge in [-0.2, -0.15) is 0 Å². The maximum Gasteiger partial charge on any atom is 0.339 e. The van der Waals surface area contributed by atoms with Gasteiger partial charge in [0.05, 0.1) is 5.56 Å². The Hall–Kier alpha value is -2.09. The summed E-state index contributed by atoms with van der Waals surface area (Å²) in [6.45, 7) is 11.5. The van der Waals surface area contributed by atoms with Crippen molar-refractivity contribution in [1.82, 2.24) is 0 Å². The van der Waals surface area contributed by atoms with Gasteiger partial charge < -0.3 is 4.74 Å². The molecule has 104 valence electrons. The first-order valence-corrected chi connectivity index (χ1v) is 6.81. The summed E-state index contributed by atoms with van der Waals surface area (Å²) in [5.74, 6) is -0.243. The van der Waals surface area contributed by atoms with Crippen LogP contribution in [0.15, 0.2) is 62.2 Å². The Balaban J connectivity index is 2.49. The molecule has 0 aliphatic carbocycles. The predicted octanol–water partition coefficient (Wildman–Crippen LogP) is 4.61. The van der Waals surface area contributed by atoms with Crippen LogP contribution in [0.4, 0.5) is 0 Å². The van der Waals surface area contributed by atoms with Crippen LogP contribution in [0.2, 0.25) is 0 Å². The second-order valence-electron chi connectivity index (χ2n) is 5.21. The number of hydrogen-bond acceptors (Lipinski definition) is 2. The number of carbonyl (C=O) groups is 1. The number of carbonyl (C=O) groups excluding carboxylic acids is 1. The standard InChI is InChI=1S/C18H20O2/c1-4-11-18(12-5-2,13-6-3)16-14-9-7-8-10-15(14)17(19)20-16/h4-10,16H,1-3,11-13H2. The molecule has 1 aliphatic heterocycles. The van der Waals surface area contributed by atoms with Crippen molar-refractivity contribution in [2.45, 2.75) is 25.4 Å². The first-order valence-electron chi connectivity index (χ1n) is 6.81. The number of cyclic esters (lactones) is 1. The van der Waals surface area contributed by atoms with Crippen LogP contribution in [0, 0.1) is 5.41 Å². The summed E-state index contributed by atoms with van der Waals surface area (Å²) in [5.41, 5.74) is 1.38. The highest BCUT2D eigenvalue weighted by Crippen LogP contribution is 2.50. The van der Waals surface area contributed by atoms with E-state index in [-0.39, 0.29) is 17.5 Å². The average molecular weight is 268 g/mol. The van der Waals surface area contributed by atoms with Gasteiger partial charge >= 0.3 is 5.97 Å². The van der Waals surface area contributed by atoms with Crippen molar-refractivity contribution in [3.63, 3.8) is 0 Å². The van der Waals surface area contributed by atoms with E-state index in [1.54, 1.807) is 0 Å². The van der Waals surface area contributed by atoms with Crippen LogP contribution >= 0.6 is 0 Å². The second-order valence-corrected chi connectivity index (χ2v) is 5.21. The number of ether oxygens (including phenoxy) is 1. The van der Waals surface area contributed by atoms with Crippen LogP contribution < -0.4 is 0 Å². The van der Waals surface area contributed by atoms with Gasteiger partial charge in [-0.25, -0.2) is 4.79 Å². The molecule has 0 saturated heterocycles. The molecule has 1 aliphatic rings. The molecule has 0 bridgehead atoms. The van der Waals surface area contributed by atoms with Crippen molar-refractivity contribution >= 4 is 5.97 Å². The van der Waals surface area contributed by atoms with Crippen molar-refractivity contribution in [3.8, 4) is 0 Å². The van der Waals surface area contributed by atoms with Gasteiger partial charge in [0.1, 0.15) is 6.10 Å². The molecule has 1 aromatic carbocycles. The summed E-state index contributed by atoms with van der Waals surface area (Å²) in [7, 11) is 0. The lowest BCUT2D eigenvalue weighted by Crippen LogP contribution is -2.28. The summed E-state index contributed by atoms with van der Waals surface area (Å²) < 4.78 is 5.67. The Kier molecular flexibility index (Phi) is 4.23. The monoisotopic (exact) mass is 268 g/mol. The predicted molar refractivity (Wildman–Crippen MR) is 81.5 cm³/mol. The molecule has 2 nitrogen and oxygen atoms in total. The molecule has 0 N–H and O–H groups in total. The van der Waals surface area contributed by atoms with Crippen molar-refractivity contribution in [2.24, 2.45) is 5.41 Å². The van der Waals surface area contributed by atoms with Crippen LogP contribution in [0.5, 0.6) is 0 Å². The zero-order valence-corrected chi connectivity index (χ0v) is 11.7. The van der Waals surface area contributed by atoms with E-state index in [1.807, 2.05) is 42.5 Å². The maximum atomic E-state index is 12.0. The summed E-state index contributed by atoms with van der Waals surface area (Å²) in [6, 6.07) is 7.58. The highest BCUT2D eigenvalue weighted by atomic mass is 16.5. The molecule has 1 aromatic rings. The summed E-state index contributed by atoms with van der Waals surface area (Å²) in [4.78, 5) is 12.0. The molecular formula is C18H20O2. The Morgan fingerprint density at radius 3 is 2.15 bits per heavy atom. The lowest BCUT2D eigenvalue weighted by molar-refractivity contribution is -0.00756. The highest BCUT2D eigenvalue weighted by molar-refractivity contribution is 5.94. The van der Waals surface area contributed by atoms with Crippen LogP contribution in [0.3, 0.4) is 0 Å². The Morgan fingerprint density at radius 1 is 1.05 bits per heavy atom. The number of benzene rings is 1. The van der Waals surface area contributed by atoms with E-state index < -0.39 is 0 Å². The topological polar surface area (TPSA) is 26.3 Å². The molecule has 0 fully saturated rings. The third kappa shape index (κ3) is 2.34. The van der Waals surface area contributed by atoms with E-state index >= 15 is 0 Å². The molecule has 1 atom stereocenters. The third-order valence-corrected chi connectivity index (χ3v) is 3.90. The van der Waals surface area contributed by atoms with Gasteiger partial charge in [0.2, 0.25) is 0 Å². The van der Waals surface area contributed by atoms with E-state index in [1.165, 1.54) is 0 Å². The molecular weight excluding hydrogens is 248 g/mol. The van der Waals surface area contributed by atoms with Gasteiger partial charge in [0.25, 0.3) is 0 Å². The molecule has 0 amide bonds. The van der Waals surface area contributed by atoms with E-state index in [0.717, 1.165) is 24.8 Å². The normalized spacial score (nSPS) is 17.2. The number of fused-ring (bicyclic) bond motifs is 1. The quantitative estimate of drug-likeness (QED) is 0.533. The molecule has 0 radical (unpaired) electrons. The number of allylic oxidation sites excluding steroid dienone is 3. The van der Waals surface area contributed by atoms with Gasteiger partial charge in [-0.1, -0.05) is 36.4 Å². The van der Waals surface area contributed by atoms with Crippen molar-refractivity contribution < 1.29 is 9.53 Å². The first-order chi connectivity index (χ1) is 9.68. The Labute approximate surface area is 120 Å². The van der Waals surface area contributed by atoms with Gasteiger partial charge in [-0.15, -0.1) is 19.7 Å². The zero-order valence-electron chi connectivity index (χ0n) is 11.7. The number of rotatable bonds is 7. The van der Waals surface area contributed by atoms with E-state index in [9.17, 15) is 4.79 Å². The summed E-state index contributed by atoms with van der Waals surface area (Å²) >= 11 is 0. The first kappa shape index (κ1) is 14.3. The fraction of sp³-hybridized carbons (Fsp3) is 0.278. The maximum absolute atomic E-state index is 12.0. The molecule has 0 spiro atoms.